The monoisotopic (exact) mass is 218 g/mol. The SMILES string of the molecule is Cc1ccc2c(c1)C(NC(C)(C)C)C(=O)N2. The highest BCUT2D eigenvalue weighted by molar-refractivity contribution is 6.02. The van der Waals surface area contributed by atoms with Crippen molar-refractivity contribution in [2.45, 2.75) is 39.3 Å². The van der Waals surface area contributed by atoms with Gasteiger partial charge in [-0.05, 0) is 33.8 Å². The Balaban J connectivity index is 2.35. The van der Waals surface area contributed by atoms with Gasteiger partial charge < -0.3 is 5.32 Å². The molecule has 1 unspecified atom stereocenters. The third-order valence-corrected chi connectivity index (χ3v) is 2.62. The quantitative estimate of drug-likeness (QED) is 0.760. The third kappa shape index (κ3) is 2.09. The third-order valence-electron chi connectivity index (χ3n) is 2.62. The Morgan fingerprint density at radius 1 is 1.31 bits per heavy atom. The molecular formula is C13H18N2O. The Morgan fingerprint density at radius 2 is 2.00 bits per heavy atom. The molecule has 1 aromatic rings. The van der Waals surface area contributed by atoms with Crippen molar-refractivity contribution in [3.63, 3.8) is 0 Å². The summed E-state index contributed by atoms with van der Waals surface area (Å²) < 4.78 is 0. The van der Waals surface area contributed by atoms with Crippen LogP contribution in [0.15, 0.2) is 18.2 Å². The van der Waals surface area contributed by atoms with E-state index in [1.54, 1.807) is 0 Å². The maximum absolute atomic E-state index is 11.8. The van der Waals surface area contributed by atoms with Crippen molar-refractivity contribution in [1.29, 1.82) is 0 Å². The fourth-order valence-corrected chi connectivity index (χ4v) is 1.96. The number of carbonyl (C=O) groups excluding carboxylic acids is 1. The fourth-order valence-electron chi connectivity index (χ4n) is 1.96. The van der Waals surface area contributed by atoms with Gasteiger partial charge in [-0.1, -0.05) is 17.7 Å². The van der Waals surface area contributed by atoms with E-state index in [1.807, 2.05) is 19.1 Å². The van der Waals surface area contributed by atoms with Crippen LogP contribution in [0.25, 0.3) is 0 Å². The average molecular weight is 218 g/mol. The standard InChI is InChI=1S/C13H18N2O/c1-8-5-6-10-9(7-8)11(12(16)14-10)15-13(2,3)4/h5-7,11,15H,1-4H3,(H,14,16). The van der Waals surface area contributed by atoms with E-state index in [0.717, 1.165) is 11.3 Å². The molecule has 1 heterocycles. The maximum Gasteiger partial charge on any atom is 0.246 e. The van der Waals surface area contributed by atoms with Gasteiger partial charge in [-0.15, -0.1) is 0 Å². The van der Waals surface area contributed by atoms with Gasteiger partial charge in [0.25, 0.3) is 0 Å². The minimum Gasteiger partial charge on any atom is -0.324 e. The Labute approximate surface area is 96.2 Å². The maximum atomic E-state index is 11.8. The van der Waals surface area contributed by atoms with Crippen LogP contribution in [0.1, 0.15) is 37.9 Å². The van der Waals surface area contributed by atoms with Gasteiger partial charge in [-0.25, -0.2) is 0 Å². The number of carbonyl (C=O) groups is 1. The molecular weight excluding hydrogens is 200 g/mol. The van der Waals surface area contributed by atoms with Gasteiger partial charge in [-0.2, -0.15) is 0 Å². The molecule has 0 bridgehead atoms. The predicted molar refractivity (Wildman–Crippen MR) is 65.4 cm³/mol. The minimum absolute atomic E-state index is 0.0375. The Bertz CT molecular complexity index is 432. The van der Waals surface area contributed by atoms with Gasteiger partial charge in [0, 0.05) is 16.8 Å². The largest absolute Gasteiger partial charge is 0.324 e. The van der Waals surface area contributed by atoms with E-state index in [1.165, 1.54) is 5.56 Å². The van der Waals surface area contributed by atoms with E-state index in [4.69, 9.17) is 0 Å². The minimum atomic E-state index is -0.227. The van der Waals surface area contributed by atoms with Crippen molar-refractivity contribution in [1.82, 2.24) is 5.32 Å². The molecule has 2 rings (SSSR count). The van der Waals surface area contributed by atoms with Crippen molar-refractivity contribution >= 4 is 11.6 Å². The molecule has 3 heteroatoms. The summed E-state index contributed by atoms with van der Waals surface area (Å²) in [4.78, 5) is 11.8. The summed E-state index contributed by atoms with van der Waals surface area (Å²) in [7, 11) is 0. The lowest BCUT2D eigenvalue weighted by Gasteiger charge is -2.24. The number of aryl methyl sites for hydroxylation is 1. The number of hydrogen-bond donors (Lipinski definition) is 2. The van der Waals surface area contributed by atoms with Gasteiger partial charge in [0.1, 0.15) is 6.04 Å². The Hall–Kier alpha value is -1.35. The lowest BCUT2D eigenvalue weighted by atomic mass is 10.0. The van der Waals surface area contributed by atoms with Crippen molar-refractivity contribution in [3.8, 4) is 0 Å². The van der Waals surface area contributed by atoms with Crippen LogP contribution in [0.3, 0.4) is 0 Å². The molecule has 1 aliphatic heterocycles. The van der Waals surface area contributed by atoms with Crippen LogP contribution in [0.5, 0.6) is 0 Å². The van der Waals surface area contributed by atoms with Gasteiger partial charge in [0.05, 0.1) is 0 Å². The van der Waals surface area contributed by atoms with Gasteiger partial charge in [-0.3, -0.25) is 10.1 Å². The van der Waals surface area contributed by atoms with Crippen LogP contribution in [0, 0.1) is 6.92 Å². The highest BCUT2D eigenvalue weighted by Gasteiger charge is 2.32. The second-order valence-corrected chi connectivity index (χ2v) is 5.41. The van der Waals surface area contributed by atoms with E-state index < -0.39 is 0 Å². The molecule has 0 aliphatic carbocycles. The summed E-state index contributed by atoms with van der Waals surface area (Å²) in [5, 5.41) is 6.24. The first-order valence-electron chi connectivity index (χ1n) is 5.56. The van der Waals surface area contributed by atoms with E-state index in [9.17, 15) is 4.79 Å². The first kappa shape index (κ1) is 11.1. The van der Waals surface area contributed by atoms with Crippen LogP contribution in [0.2, 0.25) is 0 Å². The summed E-state index contributed by atoms with van der Waals surface area (Å²) in [6.07, 6.45) is 0. The van der Waals surface area contributed by atoms with Crippen molar-refractivity contribution in [2.75, 3.05) is 5.32 Å². The van der Waals surface area contributed by atoms with Crippen molar-refractivity contribution < 1.29 is 4.79 Å². The molecule has 0 radical (unpaired) electrons. The normalized spacial score (nSPS) is 19.5. The number of fused-ring (bicyclic) bond motifs is 1. The summed E-state index contributed by atoms with van der Waals surface area (Å²) in [6, 6.07) is 5.82. The number of benzene rings is 1. The molecule has 0 aromatic heterocycles. The Morgan fingerprint density at radius 3 is 2.62 bits per heavy atom. The number of hydrogen-bond acceptors (Lipinski definition) is 2. The van der Waals surface area contributed by atoms with Crippen LogP contribution in [-0.2, 0) is 4.79 Å². The van der Waals surface area contributed by atoms with Crippen LogP contribution in [-0.4, -0.2) is 11.4 Å². The van der Waals surface area contributed by atoms with E-state index >= 15 is 0 Å². The van der Waals surface area contributed by atoms with Crippen LogP contribution in [0.4, 0.5) is 5.69 Å². The zero-order valence-electron chi connectivity index (χ0n) is 10.2. The number of nitrogens with one attached hydrogen (secondary N) is 2. The average Bonchev–Trinajstić information content (AvgIpc) is 2.42. The summed E-state index contributed by atoms with van der Waals surface area (Å²) in [5.41, 5.74) is 3.08. The molecule has 1 aliphatic rings. The molecule has 1 aromatic carbocycles. The molecule has 3 nitrogen and oxygen atoms in total. The summed E-state index contributed by atoms with van der Waals surface area (Å²) in [5.74, 6) is 0.0375. The van der Waals surface area contributed by atoms with Crippen molar-refractivity contribution in [3.05, 3.63) is 29.3 Å². The second-order valence-electron chi connectivity index (χ2n) is 5.41. The summed E-state index contributed by atoms with van der Waals surface area (Å²) in [6.45, 7) is 8.23. The molecule has 16 heavy (non-hydrogen) atoms. The zero-order valence-corrected chi connectivity index (χ0v) is 10.2. The number of anilines is 1. The van der Waals surface area contributed by atoms with Crippen LogP contribution < -0.4 is 10.6 Å². The van der Waals surface area contributed by atoms with Crippen LogP contribution >= 0.6 is 0 Å². The van der Waals surface area contributed by atoms with E-state index in [-0.39, 0.29) is 17.5 Å². The lowest BCUT2D eigenvalue weighted by Crippen LogP contribution is -2.41. The molecule has 1 amide bonds. The first-order chi connectivity index (χ1) is 7.37. The highest BCUT2D eigenvalue weighted by atomic mass is 16.2. The number of rotatable bonds is 1. The first-order valence-corrected chi connectivity index (χ1v) is 5.56. The highest BCUT2D eigenvalue weighted by Crippen LogP contribution is 2.32. The molecule has 2 N–H and O–H groups in total. The van der Waals surface area contributed by atoms with Gasteiger partial charge >= 0.3 is 0 Å². The smallest absolute Gasteiger partial charge is 0.246 e. The molecule has 0 saturated heterocycles. The topological polar surface area (TPSA) is 41.1 Å². The van der Waals surface area contributed by atoms with E-state index in [2.05, 4.69) is 37.5 Å². The van der Waals surface area contributed by atoms with E-state index in [0.29, 0.717) is 0 Å². The molecule has 0 fully saturated rings. The Kier molecular flexibility index (Phi) is 2.50. The lowest BCUT2D eigenvalue weighted by molar-refractivity contribution is -0.118. The molecule has 1 atom stereocenters. The second kappa shape index (κ2) is 3.59. The summed E-state index contributed by atoms with van der Waals surface area (Å²) >= 11 is 0. The number of amides is 1. The predicted octanol–water partition coefficient (Wildman–Crippen LogP) is 2.38. The van der Waals surface area contributed by atoms with Crippen molar-refractivity contribution in [2.24, 2.45) is 0 Å². The van der Waals surface area contributed by atoms with Gasteiger partial charge in [0.15, 0.2) is 0 Å². The fraction of sp³-hybridized carbons (Fsp3) is 0.462. The van der Waals surface area contributed by atoms with Gasteiger partial charge in [0.2, 0.25) is 5.91 Å². The molecule has 0 spiro atoms. The molecule has 0 saturated carbocycles. The zero-order chi connectivity index (χ0) is 11.9. The molecule has 86 valence electrons.